The van der Waals surface area contributed by atoms with Crippen molar-refractivity contribution < 1.29 is 14.0 Å². The fraction of sp³-hybridized carbons (Fsp3) is 0.593. The van der Waals surface area contributed by atoms with Gasteiger partial charge in [-0.05, 0) is 0 Å². The van der Waals surface area contributed by atoms with E-state index in [0.29, 0.717) is 17.2 Å². The van der Waals surface area contributed by atoms with Crippen molar-refractivity contribution in [3.8, 4) is 0 Å². The zero-order valence-corrected chi connectivity index (χ0v) is 24.8. The predicted octanol–water partition coefficient (Wildman–Crippen LogP) is 4.64. The Morgan fingerprint density at radius 3 is 2.71 bits per heavy atom. The SMILES string of the molecule is CC(=O)O[C@@H]1C[C@H](CO[Si](C)(C)C(C)(C)C)C[C@H]1Nc1cc([As][C@H]2CCc3ccccc32)ncn1. The van der Waals surface area contributed by atoms with Gasteiger partial charge in [0.2, 0.25) is 0 Å². The number of aromatic nitrogens is 2. The van der Waals surface area contributed by atoms with Crippen LogP contribution in [0.2, 0.25) is 18.1 Å². The topological polar surface area (TPSA) is 73.3 Å². The van der Waals surface area contributed by atoms with E-state index < -0.39 is 8.32 Å². The average Bonchev–Trinajstić information content (AvgIpc) is 3.35. The average molecular weight is 557 g/mol. The Bertz CT molecular complexity index is 1040. The molecular formula is C27H39AsN3O3Si. The molecule has 1 heterocycles. The number of carbonyl (C=O) groups excluding carboxylic acids is 1. The molecule has 0 aliphatic heterocycles. The van der Waals surface area contributed by atoms with Crippen molar-refractivity contribution in [2.24, 2.45) is 5.92 Å². The van der Waals surface area contributed by atoms with Crippen molar-refractivity contribution in [1.29, 1.82) is 0 Å². The number of ether oxygens (including phenoxy) is 1. The summed E-state index contributed by atoms with van der Waals surface area (Å²) in [6.07, 6.45) is 5.58. The van der Waals surface area contributed by atoms with Gasteiger partial charge in [0.25, 0.3) is 0 Å². The number of hydrogen-bond acceptors (Lipinski definition) is 6. The summed E-state index contributed by atoms with van der Waals surface area (Å²) in [5, 5.41) is 3.76. The molecule has 6 nitrogen and oxygen atoms in total. The van der Waals surface area contributed by atoms with Crippen LogP contribution in [0.5, 0.6) is 0 Å². The third-order valence-corrected chi connectivity index (χ3v) is 15.1. The summed E-state index contributed by atoms with van der Waals surface area (Å²) in [7, 11) is -1.82. The third-order valence-electron chi connectivity index (χ3n) is 7.78. The van der Waals surface area contributed by atoms with E-state index in [9.17, 15) is 4.79 Å². The van der Waals surface area contributed by atoms with Crippen molar-refractivity contribution in [2.45, 2.75) is 88.4 Å². The van der Waals surface area contributed by atoms with Gasteiger partial charge >= 0.3 is 218 Å². The Morgan fingerprint density at radius 2 is 1.97 bits per heavy atom. The first-order valence-electron chi connectivity index (χ1n) is 12.7. The number of benzene rings is 1. The Kier molecular flexibility index (Phi) is 8.09. The molecule has 0 saturated heterocycles. The molecule has 2 aromatic rings. The van der Waals surface area contributed by atoms with Crippen LogP contribution in [0.15, 0.2) is 36.7 Å². The molecule has 1 saturated carbocycles. The predicted molar refractivity (Wildman–Crippen MR) is 144 cm³/mol. The molecule has 1 fully saturated rings. The fourth-order valence-corrected chi connectivity index (χ4v) is 8.57. The molecule has 0 amide bonds. The Labute approximate surface area is 217 Å². The molecule has 4 rings (SSSR count). The van der Waals surface area contributed by atoms with Crippen LogP contribution in [0.3, 0.4) is 0 Å². The van der Waals surface area contributed by atoms with Gasteiger partial charge in [0.1, 0.15) is 0 Å². The van der Waals surface area contributed by atoms with Crippen molar-refractivity contribution in [3.63, 3.8) is 0 Å². The summed E-state index contributed by atoms with van der Waals surface area (Å²) >= 11 is -0.0862. The molecule has 189 valence electrons. The summed E-state index contributed by atoms with van der Waals surface area (Å²) in [5.74, 6) is 0.944. The maximum absolute atomic E-state index is 11.8. The summed E-state index contributed by atoms with van der Waals surface area (Å²) in [6.45, 7) is 13.6. The Hall–Kier alpha value is -1.69. The number of rotatable bonds is 8. The minimum absolute atomic E-state index is 0.0260. The van der Waals surface area contributed by atoms with Crippen LogP contribution >= 0.6 is 0 Å². The fourth-order valence-electron chi connectivity index (χ4n) is 4.79. The van der Waals surface area contributed by atoms with Crippen molar-refractivity contribution in [2.75, 3.05) is 11.9 Å². The van der Waals surface area contributed by atoms with Gasteiger partial charge in [0, 0.05) is 0 Å². The van der Waals surface area contributed by atoms with Gasteiger partial charge in [0.15, 0.2) is 0 Å². The van der Waals surface area contributed by atoms with Gasteiger partial charge in [-0.1, -0.05) is 0 Å². The van der Waals surface area contributed by atoms with Gasteiger partial charge < -0.3 is 0 Å². The first-order chi connectivity index (χ1) is 16.5. The van der Waals surface area contributed by atoms with Gasteiger partial charge in [-0.2, -0.15) is 0 Å². The van der Waals surface area contributed by atoms with Gasteiger partial charge in [0.05, 0.1) is 0 Å². The molecule has 1 N–H and O–H groups in total. The Morgan fingerprint density at radius 1 is 1.20 bits per heavy atom. The van der Waals surface area contributed by atoms with Gasteiger partial charge in [-0.3, -0.25) is 0 Å². The molecule has 1 aromatic heterocycles. The summed E-state index contributed by atoms with van der Waals surface area (Å²) < 4.78 is 14.0. The number of carbonyl (C=O) groups is 1. The Balaban J connectivity index is 1.41. The van der Waals surface area contributed by atoms with Crippen LogP contribution in [-0.2, 0) is 20.4 Å². The maximum atomic E-state index is 11.8. The second kappa shape index (κ2) is 10.7. The molecule has 0 unspecified atom stereocenters. The zero-order valence-electron chi connectivity index (χ0n) is 21.9. The number of hydrogen-bond donors (Lipinski definition) is 1. The third kappa shape index (κ3) is 6.55. The molecule has 2 aliphatic carbocycles. The second-order valence-corrected chi connectivity index (χ2v) is 19.1. The van der Waals surface area contributed by atoms with Crippen LogP contribution in [-0.4, -0.2) is 58.8 Å². The van der Waals surface area contributed by atoms with E-state index in [-0.39, 0.29) is 38.9 Å². The monoisotopic (exact) mass is 556 g/mol. The number of aryl methyl sites for hydroxylation is 1. The van der Waals surface area contributed by atoms with E-state index in [1.165, 1.54) is 24.5 Å². The molecule has 1 radical (unpaired) electrons. The van der Waals surface area contributed by atoms with E-state index in [0.717, 1.165) is 29.6 Å². The molecule has 1 aromatic carbocycles. The van der Waals surface area contributed by atoms with Crippen molar-refractivity contribution in [1.82, 2.24) is 9.97 Å². The van der Waals surface area contributed by atoms with E-state index in [1.807, 2.05) is 0 Å². The minimum atomic E-state index is -1.82. The van der Waals surface area contributed by atoms with Crippen LogP contribution in [0, 0.1) is 5.92 Å². The number of fused-ring (bicyclic) bond motifs is 1. The van der Waals surface area contributed by atoms with E-state index in [4.69, 9.17) is 9.16 Å². The van der Waals surface area contributed by atoms with Crippen LogP contribution in [0.1, 0.15) is 62.8 Å². The molecule has 4 atom stereocenters. The van der Waals surface area contributed by atoms with Crippen LogP contribution in [0.25, 0.3) is 0 Å². The first kappa shape index (κ1) is 26.4. The van der Waals surface area contributed by atoms with Crippen LogP contribution < -0.4 is 9.80 Å². The number of esters is 1. The van der Waals surface area contributed by atoms with Crippen molar-refractivity contribution in [3.05, 3.63) is 47.8 Å². The molecule has 8 heteroatoms. The van der Waals surface area contributed by atoms with Crippen LogP contribution in [0.4, 0.5) is 5.82 Å². The number of nitrogens with one attached hydrogen (secondary N) is 1. The number of anilines is 1. The second-order valence-electron chi connectivity index (χ2n) is 11.5. The summed E-state index contributed by atoms with van der Waals surface area (Å²) in [4.78, 5) is 20.9. The van der Waals surface area contributed by atoms with Gasteiger partial charge in [-0.25, -0.2) is 0 Å². The van der Waals surface area contributed by atoms with E-state index >= 15 is 0 Å². The van der Waals surface area contributed by atoms with Crippen molar-refractivity contribution >= 4 is 40.3 Å². The van der Waals surface area contributed by atoms with E-state index in [2.05, 4.69) is 79.5 Å². The van der Waals surface area contributed by atoms with Gasteiger partial charge in [-0.15, -0.1) is 0 Å². The molecule has 0 bridgehead atoms. The zero-order chi connectivity index (χ0) is 25.2. The number of nitrogens with zero attached hydrogens (tertiary/aromatic N) is 2. The molecule has 0 spiro atoms. The standard InChI is InChI=1S/C27H39AsN3O3Si/c1-18(32)34-24-14-19(16-33-35(5,6)27(2,3)4)13-23(24)31-26-15-25(29-17-30-26)28-22-12-11-20-9-7-8-10-21(20)22/h7-10,15,17,19,22-24H,11-14,16H2,1-6H3,(H,29,30,31)/t19-,22+,23-,24-/m1/s1. The summed E-state index contributed by atoms with van der Waals surface area (Å²) in [5.41, 5.74) is 2.98. The quantitative estimate of drug-likeness (QED) is 0.378. The summed E-state index contributed by atoms with van der Waals surface area (Å²) in [6, 6.07) is 10.9. The molecule has 2 aliphatic rings. The molecular weight excluding hydrogens is 517 g/mol. The first-order valence-corrected chi connectivity index (χ1v) is 17.6. The normalized spacial score (nSPS) is 24.6. The molecule has 35 heavy (non-hydrogen) atoms. The van der Waals surface area contributed by atoms with E-state index in [1.54, 1.807) is 6.33 Å².